The van der Waals surface area contributed by atoms with Gasteiger partial charge in [-0.2, -0.15) is 0 Å². The fourth-order valence-electron chi connectivity index (χ4n) is 2.87. The van der Waals surface area contributed by atoms with Crippen LogP contribution < -0.4 is 10.2 Å². The molecule has 0 saturated carbocycles. The highest BCUT2D eigenvalue weighted by molar-refractivity contribution is 5.28. The largest absolute Gasteiger partial charge is 0.407 e. The van der Waals surface area contributed by atoms with Gasteiger partial charge in [-0.15, -0.1) is 5.10 Å². The summed E-state index contributed by atoms with van der Waals surface area (Å²) in [5.41, 5.74) is 0. The molecule has 5 nitrogen and oxygen atoms in total. The first kappa shape index (κ1) is 15.3. The normalized spacial score (nSPS) is 27.3. The summed E-state index contributed by atoms with van der Waals surface area (Å²) in [7, 11) is 0. The summed E-state index contributed by atoms with van der Waals surface area (Å²) >= 11 is 0. The van der Waals surface area contributed by atoms with E-state index in [0.29, 0.717) is 42.2 Å². The van der Waals surface area contributed by atoms with Crippen molar-refractivity contribution < 1.29 is 4.42 Å². The van der Waals surface area contributed by atoms with Crippen LogP contribution in [0.15, 0.2) is 4.42 Å². The molecule has 0 aromatic carbocycles. The van der Waals surface area contributed by atoms with Gasteiger partial charge in [0, 0.05) is 12.6 Å². The maximum absolute atomic E-state index is 5.81. The number of nitrogens with one attached hydrogen (secondary N) is 1. The van der Waals surface area contributed by atoms with Gasteiger partial charge in [-0.25, -0.2) is 0 Å². The van der Waals surface area contributed by atoms with Crippen LogP contribution in [0.1, 0.15) is 46.9 Å². The summed E-state index contributed by atoms with van der Waals surface area (Å²) in [4.78, 5) is 2.26. The summed E-state index contributed by atoms with van der Waals surface area (Å²) in [6.07, 6.45) is 1.27. The number of rotatable bonds is 5. The van der Waals surface area contributed by atoms with E-state index in [1.54, 1.807) is 0 Å². The smallest absolute Gasteiger partial charge is 0.318 e. The fourth-order valence-corrected chi connectivity index (χ4v) is 2.87. The van der Waals surface area contributed by atoms with Crippen LogP contribution in [-0.4, -0.2) is 29.3 Å². The molecule has 0 aliphatic carbocycles. The number of hydrogen-bond donors (Lipinski definition) is 1. The first-order valence-electron chi connectivity index (χ1n) is 7.77. The quantitative estimate of drug-likeness (QED) is 0.898. The van der Waals surface area contributed by atoms with Crippen LogP contribution in [-0.2, 0) is 6.54 Å². The Morgan fingerprint density at radius 3 is 2.75 bits per heavy atom. The Kier molecular flexibility index (Phi) is 5.02. The van der Waals surface area contributed by atoms with Gasteiger partial charge in [0.15, 0.2) is 0 Å². The predicted octanol–water partition coefficient (Wildman–Crippen LogP) is 2.69. The van der Waals surface area contributed by atoms with Gasteiger partial charge in [-0.05, 0) is 37.6 Å². The van der Waals surface area contributed by atoms with E-state index in [1.807, 2.05) is 0 Å². The Hall–Kier alpha value is -1.10. The average Bonchev–Trinajstić information content (AvgIpc) is 2.82. The molecule has 1 fully saturated rings. The highest BCUT2D eigenvalue weighted by atomic mass is 16.4. The molecule has 2 heterocycles. The van der Waals surface area contributed by atoms with Crippen LogP contribution in [0.3, 0.4) is 0 Å². The van der Waals surface area contributed by atoms with Gasteiger partial charge in [0.1, 0.15) is 0 Å². The van der Waals surface area contributed by atoms with Crippen LogP contribution in [0.25, 0.3) is 0 Å². The molecule has 114 valence electrons. The number of hydrogen-bond acceptors (Lipinski definition) is 5. The van der Waals surface area contributed by atoms with Crippen molar-refractivity contribution in [3.8, 4) is 0 Å². The van der Waals surface area contributed by atoms with E-state index in [9.17, 15) is 0 Å². The summed E-state index contributed by atoms with van der Waals surface area (Å²) in [6, 6.07) is 1.14. The van der Waals surface area contributed by atoms with E-state index in [1.165, 1.54) is 6.42 Å². The third-order valence-corrected chi connectivity index (χ3v) is 4.13. The zero-order valence-electron chi connectivity index (χ0n) is 13.4. The number of nitrogens with zero attached hydrogens (tertiary/aromatic N) is 3. The second-order valence-corrected chi connectivity index (χ2v) is 6.71. The third kappa shape index (κ3) is 3.72. The maximum atomic E-state index is 5.81. The predicted molar refractivity (Wildman–Crippen MR) is 80.6 cm³/mol. The van der Waals surface area contributed by atoms with Crippen LogP contribution in [0, 0.1) is 17.8 Å². The van der Waals surface area contributed by atoms with Crippen molar-refractivity contribution in [2.45, 2.75) is 53.6 Å². The summed E-state index contributed by atoms with van der Waals surface area (Å²) < 4.78 is 5.81. The molecule has 20 heavy (non-hydrogen) atoms. The van der Waals surface area contributed by atoms with Crippen molar-refractivity contribution in [1.82, 2.24) is 15.5 Å². The minimum absolute atomic E-state index is 0.461. The minimum atomic E-state index is 0.461. The minimum Gasteiger partial charge on any atom is -0.407 e. The standard InChI is InChI=1S/C15H28N4O/c1-10(2)7-16-8-14-17-18-15(20-14)19-9-11(3)6-12(4)13(19)5/h10-13,16H,6-9H2,1-5H3. The van der Waals surface area contributed by atoms with Crippen molar-refractivity contribution >= 4 is 6.01 Å². The zero-order valence-corrected chi connectivity index (χ0v) is 13.4. The average molecular weight is 280 g/mol. The Balaban J connectivity index is 1.97. The molecule has 1 aliphatic heterocycles. The lowest BCUT2D eigenvalue weighted by Crippen LogP contribution is -2.46. The Bertz CT molecular complexity index is 418. The molecular weight excluding hydrogens is 252 g/mol. The molecule has 1 saturated heterocycles. The molecule has 3 atom stereocenters. The SMILES string of the molecule is CC(C)CNCc1nnc(N2CC(C)CC(C)C2C)o1. The molecule has 0 spiro atoms. The summed E-state index contributed by atoms with van der Waals surface area (Å²) in [5.74, 6) is 2.64. The second kappa shape index (κ2) is 6.57. The van der Waals surface area contributed by atoms with Crippen molar-refractivity contribution in [3.63, 3.8) is 0 Å². The zero-order chi connectivity index (χ0) is 14.7. The molecule has 2 rings (SSSR count). The van der Waals surface area contributed by atoms with Crippen molar-refractivity contribution in [3.05, 3.63) is 5.89 Å². The summed E-state index contributed by atoms with van der Waals surface area (Å²) in [6.45, 7) is 13.8. The molecule has 1 aliphatic rings. The Morgan fingerprint density at radius 2 is 2.05 bits per heavy atom. The lowest BCUT2D eigenvalue weighted by atomic mass is 9.86. The van der Waals surface area contributed by atoms with Crippen LogP contribution in [0.4, 0.5) is 6.01 Å². The van der Waals surface area contributed by atoms with E-state index in [0.717, 1.165) is 13.1 Å². The topological polar surface area (TPSA) is 54.2 Å². The molecule has 0 bridgehead atoms. The highest BCUT2D eigenvalue weighted by Crippen LogP contribution is 2.30. The van der Waals surface area contributed by atoms with E-state index >= 15 is 0 Å². The van der Waals surface area contributed by atoms with Crippen molar-refractivity contribution in [2.24, 2.45) is 17.8 Å². The van der Waals surface area contributed by atoms with Crippen LogP contribution in [0.2, 0.25) is 0 Å². The van der Waals surface area contributed by atoms with Gasteiger partial charge in [0.05, 0.1) is 6.54 Å². The lowest BCUT2D eigenvalue weighted by molar-refractivity contribution is 0.281. The second-order valence-electron chi connectivity index (χ2n) is 6.71. The van der Waals surface area contributed by atoms with E-state index in [2.05, 4.69) is 55.0 Å². The highest BCUT2D eigenvalue weighted by Gasteiger charge is 2.31. The van der Waals surface area contributed by atoms with Gasteiger partial charge in [-0.1, -0.05) is 32.8 Å². The van der Waals surface area contributed by atoms with Gasteiger partial charge in [0.25, 0.3) is 0 Å². The van der Waals surface area contributed by atoms with E-state index in [4.69, 9.17) is 4.42 Å². The first-order valence-corrected chi connectivity index (χ1v) is 7.77. The Labute approximate surface area is 122 Å². The van der Waals surface area contributed by atoms with Crippen LogP contribution in [0.5, 0.6) is 0 Å². The molecule has 1 aromatic rings. The Morgan fingerprint density at radius 1 is 1.30 bits per heavy atom. The first-order chi connectivity index (χ1) is 9.47. The maximum Gasteiger partial charge on any atom is 0.318 e. The third-order valence-electron chi connectivity index (χ3n) is 4.13. The van der Waals surface area contributed by atoms with Gasteiger partial charge in [0.2, 0.25) is 5.89 Å². The monoisotopic (exact) mass is 280 g/mol. The molecular formula is C15H28N4O. The fraction of sp³-hybridized carbons (Fsp3) is 0.867. The van der Waals surface area contributed by atoms with E-state index in [-0.39, 0.29) is 0 Å². The van der Waals surface area contributed by atoms with Crippen LogP contribution >= 0.6 is 0 Å². The molecule has 0 radical (unpaired) electrons. The van der Waals surface area contributed by atoms with E-state index < -0.39 is 0 Å². The summed E-state index contributed by atoms with van der Waals surface area (Å²) in [5, 5.41) is 11.7. The molecule has 5 heteroatoms. The molecule has 1 aromatic heterocycles. The van der Waals surface area contributed by atoms with Crippen molar-refractivity contribution in [1.29, 1.82) is 0 Å². The van der Waals surface area contributed by atoms with Gasteiger partial charge in [-0.3, -0.25) is 0 Å². The number of piperidine rings is 1. The molecule has 0 amide bonds. The molecule has 1 N–H and O–H groups in total. The van der Waals surface area contributed by atoms with Gasteiger partial charge >= 0.3 is 6.01 Å². The molecule has 3 unspecified atom stereocenters. The number of aromatic nitrogens is 2. The lowest BCUT2D eigenvalue weighted by Gasteiger charge is -2.39. The van der Waals surface area contributed by atoms with Crippen molar-refractivity contribution in [2.75, 3.05) is 18.0 Å². The number of anilines is 1. The van der Waals surface area contributed by atoms with Gasteiger partial charge < -0.3 is 14.6 Å².